The minimum atomic E-state index is -0.615. The van der Waals surface area contributed by atoms with Crippen LogP contribution >= 0.6 is 0 Å². The van der Waals surface area contributed by atoms with Crippen molar-refractivity contribution in [2.24, 2.45) is 5.10 Å². The Kier molecular flexibility index (Phi) is 6.39. The van der Waals surface area contributed by atoms with E-state index in [0.29, 0.717) is 5.69 Å². The van der Waals surface area contributed by atoms with E-state index in [9.17, 15) is 19.5 Å². The molecule has 8 nitrogen and oxygen atoms in total. The molecule has 0 radical (unpaired) electrons. The van der Waals surface area contributed by atoms with Crippen LogP contribution in [0.25, 0.3) is 0 Å². The summed E-state index contributed by atoms with van der Waals surface area (Å²) in [6.07, 6.45) is 1.29. The lowest BCUT2D eigenvalue weighted by atomic mass is 9.78. The zero-order valence-electron chi connectivity index (χ0n) is 18.6. The average molecular weight is 415 g/mol. The summed E-state index contributed by atoms with van der Waals surface area (Å²) in [7, 11) is 0. The molecule has 30 heavy (non-hydrogen) atoms. The summed E-state index contributed by atoms with van der Waals surface area (Å²) in [6, 6.07) is 3.69. The highest BCUT2D eigenvalue weighted by Gasteiger charge is 2.26. The predicted octanol–water partition coefficient (Wildman–Crippen LogP) is 2.37. The van der Waals surface area contributed by atoms with E-state index < -0.39 is 17.2 Å². The number of hydrazone groups is 1. The number of hydrogen-bond acceptors (Lipinski definition) is 5. The smallest absolute Gasteiger partial charge is 0.325 e. The van der Waals surface area contributed by atoms with Gasteiger partial charge in [-0.05, 0) is 35.4 Å². The number of phenols is 1. The number of H-pyrrole nitrogens is 2. The number of phenolic OH excluding ortho intramolecular Hbond substituents is 1. The fraction of sp³-hybridized carbons (Fsp3) is 0.455. The highest BCUT2D eigenvalue weighted by molar-refractivity contribution is 5.84. The minimum Gasteiger partial charge on any atom is -0.507 e. The van der Waals surface area contributed by atoms with Gasteiger partial charge >= 0.3 is 5.69 Å². The van der Waals surface area contributed by atoms with Crippen molar-refractivity contribution >= 4 is 12.1 Å². The first-order valence-electron chi connectivity index (χ1n) is 9.72. The van der Waals surface area contributed by atoms with E-state index >= 15 is 0 Å². The molecule has 1 amide bonds. The molecular weight excluding hydrogens is 384 g/mol. The van der Waals surface area contributed by atoms with Gasteiger partial charge in [0.1, 0.15) is 5.75 Å². The van der Waals surface area contributed by atoms with Gasteiger partial charge in [0.05, 0.1) is 12.6 Å². The van der Waals surface area contributed by atoms with Crippen LogP contribution in [0.1, 0.15) is 69.5 Å². The Balaban J connectivity index is 2.27. The molecule has 4 N–H and O–H groups in total. The summed E-state index contributed by atoms with van der Waals surface area (Å²) < 4.78 is 0. The van der Waals surface area contributed by atoms with Gasteiger partial charge in [0, 0.05) is 22.4 Å². The number of hydrogen-bond donors (Lipinski definition) is 4. The summed E-state index contributed by atoms with van der Waals surface area (Å²) >= 11 is 0. The summed E-state index contributed by atoms with van der Waals surface area (Å²) in [5.41, 5.74) is 3.47. The van der Waals surface area contributed by atoms with E-state index in [1.165, 1.54) is 6.21 Å². The Bertz CT molecular complexity index is 1060. The lowest BCUT2D eigenvalue weighted by Crippen LogP contribution is -2.30. The topological polar surface area (TPSA) is 127 Å². The van der Waals surface area contributed by atoms with Crippen LogP contribution in [0.15, 0.2) is 26.8 Å². The monoisotopic (exact) mass is 414 g/mol. The molecule has 0 fully saturated rings. The van der Waals surface area contributed by atoms with Crippen molar-refractivity contribution in [1.82, 2.24) is 15.4 Å². The number of aromatic hydroxyl groups is 1. The van der Waals surface area contributed by atoms with E-state index in [-0.39, 0.29) is 28.6 Å². The quantitative estimate of drug-likeness (QED) is 0.452. The number of rotatable bonds is 4. The maximum absolute atomic E-state index is 12.2. The van der Waals surface area contributed by atoms with Crippen LogP contribution in [0.4, 0.5) is 0 Å². The second-order valence-electron chi connectivity index (χ2n) is 9.45. The Hall–Kier alpha value is -3.16. The fourth-order valence-corrected chi connectivity index (χ4v) is 3.09. The second kappa shape index (κ2) is 8.30. The number of carbonyl (C=O) groups excluding carboxylic acids is 1. The third kappa shape index (κ3) is 5.46. The van der Waals surface area contributed by atoms with Gasteiger partial charge in [-0.15, -0.1) is 0 Å². The van der Waals surface area contributed by atoms with Crippen molar-refractivity contribution < 1.29 is 9.90 Å². The van der Waals surface area contributed by atoms with Crippen molar-refractivity contribution in [1.29, 1.82) is 0 Å². The fourth-order valence-electron chi connectivity index (χ4n) is 3.09. The molecule has 0 spiro atoms. The Morgan fingerprint density at radius 2 is 1.60 bits per heavy atom. The van der Waals surface area contributed by atoms with Crippen LogP contribution in [0.2, 0.25) is 0 Å². The highest BCUT2D eigenvalue weighted by Crippen LogP contribution is 2.39. The third-order valence-electron chi connectivity index (χ3n) is 4.74. The van der Waals surface area contributed by atoms with E-state index in [2.05, 4.69) is 20.5 Å². The van der Waals surface area contributed by atoms with Crippen LogP contribution in [0, 0.1) is 6.92 Å². The largest absolute Gasteiger partial charge is 0.507 e. The summed E-state index contributed by atoms with van der Waals surface area (Å²) in [4.78, 5) is 39.9. The maximum Gasteiger partial charge on any atom is 0.325 e. The summed E-state index contributed by atoms with van der Waals surface area (Å²) in [5, 5.41) is 14.8. The van der Waals surface area contributed by atoms with Gasteiger partial charge in [-0.3, -0.25) is 14.6 Å². The molecule has 0 bridgehead atoms. The van der Waals surface area contributed by atoms with Crippen molar-refractivity contribution in [3.63, 3.8) is 0 Å². The first-order chi connectivity index (χ1) is 13.7. The molecule has 0 saturated heterocycles. The molecule has 0 saturated carbocycles. The molecule has 0 aliphatic rings. The van der Waals surface area contributed by atoms with Crippen molar-refractivity contribution in [3.8, 4) is 5.75 Å². The zero-order chi connectivity index (χ0) is 22.9. The van der Waals surface area contributed by atoms with Gasteiger partial charge in [0.25, 0.3) is 5.56 Å². The van der Waals surface area contributed by atoms with Crippen LogP contribution < -0.4 is 16.7 Å². The van der Waals surface area contributed by atoms with E-state index in [4.69, 9.17) is 0 Å². The van der Waals surface area contributed by atoms with Crippen LogP contribution in [0.3, 0.4) is 0 Å². The molecule has 0 aliphatic carbocycles. The number of carbonyl (C=O) groups is 1. The molecule has 162 valence electrons. The number of aromatic nitrogens is 2. The number of nitrogens with zero attached hydrogens (tertiary/aromatic N) is 1. The normalized spacial score (nSPS) is 12.4. The number of nitrogens with one attached hydrogen (secondary N) is 3. The second-order valence-corrected chi connectivity index (χ2v) is 9.45. The SMILES string of the molecule is Cc1[nH]c(=O)[nH]c(=O)c1CC(=O)N/N=C\c1cc(C(C)(C)C)c(O)c(C(C)(C)C)c1. The molecule has 1 heterocycles. The van der Waals surface area contributed by atoms with Crippen molar-refractivity contribution in [3.05, 3.63) is 60.9 Å². The molecule has 8 heteroatoms. The minimum absolute atomic E-state index is 0.178. The van der Waals surface area contributed by atoms with Crippen LogP contribution in [-0.4, -0.2) is 27.2 Å². The standard InChI is InChI=1S/C22H30N4O4/c1-12-14(19(29)25-20(30)24-12)10-17(27)26-23-11-13-8-15(21(2,3)4)18(28)16(9-13)22(5,6)7/h8-9,11,28H,10H2,1-7H3,(H,26,27)(H2,24,25,29,30)/b23-11-. The Labute approximate surface area is 175 Å². The summed E-state index contributed by atoms with van der Waals surface area (Å²) in [6.45, 7) is 13.6. The summed E-state index contributed by atoms with van der Waals surface area (Å²) in [5.74, 6) is -0.221. The molecule has 2 rings (SSSR count). The van der Waals surface area contributed by atoms with E-state index in [1.54, 1.807) is 6.92 Å². The highest BCUT2D eigenvalue weighted by atomic mass is 16.3. The zero-order valence-corrected chi connectivity index (χ0v) is 18.6. The molecule has 0 aliphatic heterocycles. The molecule has 0 unspecified atom stereocenters. The van der Waals surface area contributed by atoms with Crippen molar-refractivity contribution in [2.45, 2.75) is 65.7 Å². The number of amides is 1. The van der Waals surface area contributed by atoms with Gasteiger partial charge in [-0.25, -0.2) is 10.2 Å². The Morgan fingerprint density at radius 3 is 2.07 bits per heavy atom. The first-order valence-corrected chi connectivity index (χ1v) is 9.72. The van der Waals surface area contributed by atoms with E-state index in [0.717, 1.165) is 16.7 Å². The lowest BCUT2D eigenvalue weighted by Gasteiger charge is -2.27. The predicted molar refractivity (Wildman–Crippen MR) is 117 cm³/mol. The Morgan fingerprint density at radius 1 is 1.07 bits per heavy atom. The number of aryl methyl sites for hydroxylation is 1. The maximum atomic E-state index is 12.2. The molecule has 0 atom stereocenters. The van der Waals surface area contributed by atoms with Gasteiger partial charge in [-0.1, -0.05) is 41.5 Å². The molecular formula is C22H30N4O4. The first kappa shape index (κ1) is 23.1. The van der Waals surface area contributed by atoms with Gasteiger partial charge in [-0.2, -0.15) is 5.10 Å². The van der Waals surface area contributed by atoms with Crippen LogP contribution in [0.5, 0.6) is 5.75 Å². The molecule has 2 aromatic rings. The number of benzene rings is 1. The van der Waals surface area contributed by atoms with Gasteiger partial charge < -0.3 is 10.1 Å². The van der Waals surface area contributed by atoms with Crippen LogP contribution in [-0.2, 0) is 22.0 Å². The van der Waals surface area contributed by atoms with Crippen molar-refractivity contribution in [2.75, 3.05) is 0 Å². The molecule has 1 aromatic heterocycles. The average Bonchev–Trinajstić information content (AvgIpc) is 2.57. The third-order valence-corrected chi connectivity index (χ3v) is 4.74. The molecule has 1 aromatic carbocycles. The van der Waals surface area contributed by atoms with Gasteiger partial charge in [0.15, 0.2) is 0 Å². The van der Waals surface area contributed by atoms with Gasteiger partial charge in [0.2, 0.25) is 5.91 Å². The number of aromatic amines is 2. The lowest BCUT2D eigenvalue weighted by molar-refractivity contribution is -0.120. The van der Waals surface area contributed by atoms with E-state index in [1.807, 2.05) is 53.7 Å².